The topological polar surface area (TPSA) is 49.4 Å². The van der Waals surface area contributed by atoms with Crippen LogP contribution in [0.25, 0.3) is 0 Å². The van der Waals surface area contributed by atoms with E-state index in [2.05, 4.69) is 5.32 Å². The van der Waals surface area contributed by atoms with Crippen molar-refractivity contribution in [2.24, 2.45) is 0 Å². The Morgan fingerprint density at radius 2 is 2.22 bits per heavy atom. The molecule has 0 atom stereocenters. The van der Waals surface area contributed by atoms with Gasteiger partial charge in [0.15, 0.2) is 0 Å². The van der Waals surface area contributed by atoms with E-state index in [-0.39, 0.29) is 18.0 Å². The van der Waals surface area contributed by atoms with E-state index in [0.717, 1.165) is 18.9 Å². The van der Waals surface area contributed by atoms with Crippen LogP contribution in [0.15, 0.2) is 18.2 Å². The number of hydrogen-bond acceptors (Lipinski definition) is 3. The molecule has 1 aliphatic carbocycles. The van der Waals surface area contributed by atoms with E-state index in [1.807, 2.05) is 0 Å². The number of benzene rings is 1. The second-order valence-corrected chi connectivity index (χ2v) is 4.56. The summed E-state index contributed by atoms with van der Waals surface area (Å²) in [6.07, 6.45) is 2.65. The molecule has 0 radical (unpaired) electrons. The Kier molecular flexibility index (Phi) is 3.60. The molecule has 1 fully saturated rings. The SMILES string of the molecule is CN(CC(=O)NC1CC1)c1cc(F)cc(C=O)c1. The summed E-state index contributed by atoms with van der Waals surface area (Å²) < 4.78 is 13.2. The van der Waals surface area contributed by atoms with E-state index in [1.165, 1.54) is 6.07 Å². The minimum absolute atomic E-state index is 0.0862. The van der Waals surface area contributed by atoms with Crippen molar-refractivity contribution in [2.45, 2.75) is 18.9 Å². The smallest absolute Gasteiger partial charge is 0.239 e. The summed E-state index contributed by atoms with van der Waals surface area (Å²) >= 11 is 0. The van der Waals surface area contributed by atoms with Gasteiger partial charge in [0.25, 0.3) is 0 Å². The lowest BCUT2D eigenvalue weighted by Crippen LogP contribution is -2.36. The molecular weight excluding hydrogens is 235 g/mol. The van der Waals surface area contributed by atoms with Crippen molar-refractivity contribution in [3.63, 3.8) is 0 Å². The van der Waals surface area contributed by atoms with Gasteiger partial charge in [0.05, 0.1) is 6.54 Å². The third-order valence-electron chi connectivity index (χ3n) is 2.80. The van der Waals surface area contributed by atoms with Crippen molar-refractivity contribution >= 4 is 17.9 Å². The molecule has 5 heteroatoms. The van der Waals surface area contributed by atoms with E-state index in [4.69, 9.17) is 0 Å². The van der Waals surface area contributed by atoms with Crippen molar-refractivity contribution in [2.75, 3.05) is 18.5 Å². The molecule has 0 saturated heterocycles. The Bertz CT molecular complexity index is 472. The molecule has 0 unspecified atom stereocenters. The lowest BCUT2D eigenvalue weighted by molar-refractivity contribution is -0.119. The van der Waals surface area contributed by atoms with Gasteiger partial charge in [-0.1, -0.05) is 0 Å². The molecule has 2 rings (SSSR count). The summed E-state index contributed by atoms with van der Waals surface area (Å²) in [5.41, 5.74) is 0.780. The number of halogens is 1. The molecule has 4 nitrogen and oxygen atoms in total. The van der Waals surface area contributed by atoms with Crippen LogP contribution in [0.1, 0.15) is 23.2 Å². The summed E-state index contributed by atoms with van der Waals surface area (Å²) in [7, 11) is 1.69. The summed E-state index contributed by atoms with van der Waals surface area (Å²) in [5.74, 6) is -0.569. The lowest BCUT2D eigenvalue weighted by atomic mass is 10.2. The van der Waals surface area contributed by atoms with Crippen LogP contribution < -0.4 is 10.2 Å². The Balaban J connectivity index is 2.02. The highest BCUT2D eigenvalue weighted by Crippen LogP contribution is 2.19. The number of nitrogens with one attached hydrogen (secondary N) is 1. The third-order valence-corrected chi connectivity index (χ3v) is 2.80. The number of aldehydes is 1. The Morgan fingerprint density at radius 3 is 2.83 bits per heavy atom. The number of rotatable bonds is 5. The number of carbonyl (C=O) groups excluding carboxylic acids is 2. The highest BCUT2D eigenvalue weighted by atomic mass is 19.1. The number of nitrogens with zero attached hydrogens (tertiary/aromatic N) is 1. The van der Waals surface area contributed by atoms with Gasteiger partial charge in [-0.05, 0) is 31.0 Å². The lowest BCUT2D eigenvalue weighted by Gasteiger charge is -2.19. The molecule has 1 aliphatic rings. The van der Waals surface area contributed by atoms with Gasteiger partial charge in [-0.3, -0.25) is 9.59 Å². The van der Waals surface area contributed by atoms with Crippen LogP contribution in [0.4, 0.5) is 10.1 Å². The second-order valence-electron chi connectivity index (χ2n) is 4.56. The fourth-order valence-electron chi connectivity index (χ4n) is 1.69. The molecule has 1 saturated carbocycles. The summed E-state index contributed by atoms with van der Waals surface area (Å²) in [6.45, 7) is 0.151. The van der Waals surface area contributed by atoms with Gasteiger partial charge < -0.3 is 10.2 Å². The van der Waals surface area contributed by atoms with Gasteiger partial charge in [-0.2, -0.15) is 0 Å². The average molecular weight is 250 g/mol. The van der Waals surface area contributed by atoms with Crippen LogP contribution in [0.2, 0.25) is 0 Å². The van der Waals surface area contributed by atoms with Gasteiger partial charge >= 0.3 is 0 Å². The number of hydrogen-bond donors (Lipinski definition) is 1. The molecule has 1 amide bonds. The molecule has 1 N–H and O–H groups in total. The van der Waals surface area contributed by atoms with Gasteiger partial charge in [-0.15, -0.1) is 0 Å². The van der Waals surface area contributed by atoms with E-state index >= 15 is 0 Å². The molecule has 0 aromatic heterocycles. The first kappa shape index (κ1) is 12.5. The number of anilines is 1. The molecule has 0 bridgehead atoms. The fraction of sp³-hybridized carbons (Fsp3) is 0.385. The van der Waals surface area contributed by atoms with Crippen LogP contribution in [-0.2, 0) is 4.79 Å². The normalized spacial score (nSPS) is 14.1. The Labute approximate surface area is 105 Å². The van der Waals surface area contributed by atoms with Crippen molar-refractivity contribution in [3.05, 3.63) is 29.6 Å². The van der Waals surface area contributed by atoms with Gasteiger partial charge in [0, 0.05) is 24.3 Å². The monoisotopic (exact) mass is 250 g/mol. The molecule has 1 aromatic rings. The minimum Gasteiger partial charge on any atom is -0.365 e. The summed E-state index contributed by atoms with van der Waals surface area (Å²) in [5, 5.41) is 2.85. The van der Waals surface area contributed by atoms with Gasteiger partial charge in [0.1, 0.15) is 12.1 Å². The third kappa shape index (κ3) is 3.29. The Hall–Kier alpha value is -1.91. The van der Waals surface area contributed by atoms with Crippen LogP contribution >= 0.6 is 0 Å². The van der Waals surface area contributed by atoms with E-state index in [0.29, 0.717) is 18.0 Å². The van der Waals surface area contributed by atoms with Crippen LogP contribution in [0.3, 0.4) is 0 Å². The number of carbonyl (C=O) groups is 2. The van der Waals surface area contributed by atoms with Crippen LogP contribution in [0, 0.1) is 5.82 Å². The molecule has 18 heavy (non-hydrogen) atoms. The van der Waals surface area contributed by atoms with Crippen molar-refractivity contribution in [1.29, 1.82) is 0 Å². The predicted molar refractivity (Wildman–Crippen MR) is 66.2 cm³/mol. The van der Waals surface area contributed by atoms with Crippen molar-refractivity contribution in [3.8, 4) is 0 Å². The van der Waals surface area contributed by atoms with E-state index in [1.54, 1.807) is 18.0 Å². The minimum atomic E-state index is -0.482. The zero-order chi connectivity index (χ0) is 13.1. The highest BCUT2D eigenvalue weighted by Gasteiger charge is 2.23. The first-order chi connectivity index (χ1) is 8.58. The molecule has 0 aliphatic heterocycles. The maximum absolute atomic E-state index is 13.2. The zero-order valence-corrected chi connectivity index (χ0v) is 10.1. The molecule has 1 aromatic carbocycles. The number of amides is 1. The van der Waals surface area contributed by atoms with E-state index in [9.17, 15) is 14.0 Å². The maximum Gasteiger partial charge on any atom is 0.239 e. The molecule has 0 spiro atoms. The summed E-state index contributed by atoms with van der Waals surface area (Å²) in [4.78, 5) is 23.9. The van der Waals surface area contributed by atoms with Crippen LogP contribution in [0.5, 0.6) is 0 Å². The first-order valence-electron chi connectivity index (χ1n) is 5.85. The van der Waals surface area contributed by atoms with Gasteiger partial charge in [-0.25, -0.2) is 4.39 Å². The second kappa shape index (κ2) is 5.16. The fourth-order valence-corrected chi connectivity index (χ4v) is 1.69. The largest absolute Gasteiger partial charge is 0.365 e. The number of likely N-dealkylation sites (N-methyl/N-ethyl adjacent to an activating group) is 1. The van der Waals surface area contributed by atoms with Gasteiger partial charge in [0.2, 0.25) is 5.91 Å². The average Bonchev–Trinajstić information content (AvgIpc) is 3.11. The van der Waals surface area contributed by atoms with E-state index < -0.39 is 5.82 Å². The maximum atomic E-state index is 13.2. The quantitative estimate of drug-likeness (QED) is 0.803. The zero-order valence-electron chi connectivity index (χ0n) is 10.1. The standard InChI is InChI=1S/C13H15FN2O2/c1-16(7-13(18)15-11-2-3-11)12-5-9(8-17)4-10(14)6-12/h4-6,8,11H,2-3,7H2,1H3,(H,15,18). The van der Waals surface area contributed by atoms with Crippen LogP contribution in [-0.4, -0.2) is 31.8 Å². The highest BCUT2D eigenvalue weighted by molar-refractivity contribution is 5.83. The van der Waals surface area contributed by atoms with Crippen molar-refractivity contribution in [1.82, 2.24) is 5.32 Å². The predicted octanol–water partition coefficient (Wildman–Crippen LogP) is 1.35. The summed E-state index contributed by atoms with van der Waals surface area (Å²) in [6, 6.07) is 4.33. The first-order valence-corrected chi connectivity index (χ1v) is 5.85. The molecule has 0 heterocycles. The molecule has 96 valence electrons. The Morgan fingerprint density at radius 1 is 1.50 bits per heavy atom. The van der Waals surface area contributed by atoms with Crippen molar-refractivity contribution < 1.29 is 14.0 Å². The molecular formula is C13H15FN2O2.